The molecule has 0 atom stereocenters. The largest absolute Gasteiger partial charge is 0.370 e. The van der Waals surface area contributed by atoms with Crippen LogP contribution >= 0.6 is 24.0 Å². The molecule has 1 heterocycles. The fourth-order valence-electron chi connectivity index (χ4n) is 2.10. The highest BCUT2D eigenvalue weighted by Gasteiger charge is 2.17. The quantitative estimate of drug-likeness (QED) is 0.446. The van der Waals surface area contributed by atoms with E-state index in [9.17, 15) is 0 Å². The van der Waals surface area contributed by atoms with Gasteiger partial charge in [-0.05, 0) is 44.9 Å². The van der Waals surface area contributed by atoms with Gasteiger partial charge in [-0.1, -0.05) is 19.1 Å². The molecule has 0 saturated carbocycles. The second-order valence-electron chi connectivity index (χ2n) is 6.14. The van der Waals surface area contributed by atoms with Crippen LogP contribution in [0.5, 0.6) is 0 Å². The molecule has 0 unspecified atom stereocenters. The molecule has 0 fully saturated rings. The van der Waals surface area contributed by atoms with Gasteiger partial charge in [0, 0.05) is 5.69 Å². The van der Waals surface area contributed by atoms with E-state index in [-0.39, 0.29) is 29.5 Å². The van der Waals surface area contributed by atoms with Gasteiger partial charge < -0.3 is 11.1 Å². The molecule has 0 amide bonds. The fraction of sp³-hybridized carbons (Fsp3) is 0.438. The van der Waals surface area contributed by atoms with Crippen LogP contribution in [-0.4, -0.2) is 20.7 Å². The van der Waals surface area contributed by atoms with Gasteiger partial charge in [-0.25, -0.2) is 14.7 Å². The Morgan fingerprint density at radius 1 is 1.26 bits per heavy atom. The maximum absolute atomic E-state index is 5.93. The van der Waals surface area contributed by atoms with E-state index in [1.54, 1.807) is 6.33 Å². The second kappa shape index (κ2) is 8.28. The maximum atomic E-state index is 5.93. The third kappa shape index (κ3) is 5.49. The van der Waals surface area contributed by atoms with Crippen molar-refractivity contribution < 1.29 is 0 Å². The lowest BCUT2D eigenvalue weighted by atomic mass is 10.1. The number of guanidine groups is 1. The Labute approximate surface area is 154 Å². The molecule has 23 heavy (non-hydrogen) atoms. The van der Waals surface area contributed by atoms with E-state index in [0.717, 1.165) is 17.9 Å². The number of rotatable bonds is 4. The summed E-state index contributed by atoms with van der Waals surface area (Å²) >= 11 is 0. The molecule has 6 nitrogen and oxygen atoms in total. The summed E-state index contributed by atoms with van der Waals surface area (Å²) in [6.07, 6.45) is 2.56. The van der Waals surface area contributed by atoms with Gasteiger partial charge in [0.05, 0.1) is 5.54 Å². The molecule has 2 rings (SSSR count). The third-order valence-electron chi connectivity index (χ3n) is 3.28. The molecule has 126 valence electrons. The van der Waals surface area contributed by atoms with Gasteiger partial charge in [0.1, 0.15) is 18.7 Å². The minimum absolute atomic E-state index is 0. The molecule has 0 aliphatic carbocycles. The first-order valence-corrected chi connectivity index (χ1v) is 7.45. The van der Waals surface area contributed by atoms with Crippen molar-refractivity contribution in [1.82, 2.24) is 14.8 Å². The molecule has 1 aromatic heterocycles. The highest BCUT2D eigenvalue weighted by Crippen LogP contribution is 2.14. The Kier molecular flexibility index (Phi) is 6.99. The zero-order chi connectivity index (χ0) is 16.2. The lowest BCUT2D eigenvalue weighted by Crippen LogP contribution is -2.26. The van der Waals surface area contributed by atoms with Gasteiger partial charge in [-0.3, -0.25) is 0 Å². The molecule has 0 bridgehead atoms. The summed E-state index contributed by atoms with van der Waals surface area (Å²) in [6.45, 7) is 8.75. The summed E-state index contributed by atoms with van der Waals surface area (Å²) in [5.74, 6) is 1.16. The lowest BCUT2D eigenvalue weighted by molar-refractivity contribution is 0.342. The molecule has 0 spiro atoms. The van der Waals surface area contributed by atoms with Crippen molar-refractivity contribution in [1.29, 1.82) is 0 Å². The van der Waals surface area contributed by atoms with Crippen LogP contribution in [0.15, 0.2) is 35.6 Å². The third-order valence-corrected chi connectivity index (χ3v) is 3.28. The van der Waals surface area contributed by atoms with Crippen molar-refractivity contribution in [2.75, 3.05) is 5.32 Å². The number of nitrogens with two attached hydrogens (primary N) is 1. The molecule has 0 radical (unpaired) electrons. The number of hydrogen-bond acceptors (Lipinski definition) is 3. The first-order valence-electron chi connectivity index (χ1n) is 7.45. The maximum Gasteiger partial charge on any atom is 0.193 e. The van der Waals surface area contributed by atoms with Crippen LogP contribution in [0.4, 0.5) is 5.69 Å². The van der Waals surface area contributed by atoms with E-state index in [1.807, 2.05) is 16.8 Å². The Hall–Kier alpha value is -1.64. The number of aliphatic imine (C=N–C) groups is 1. The number of nitrogens with one attached hydrogen (secondary N) is 1. The highest BCUT2D eigenvalue weighted by atomic mass is 127. The van der Waals surface area contributed by atoms with Crippen molar-refractivity contribution in [2.45, 2.75) is 46.2 Å². The predicted molar refractivity (Wildman–Crippen MR) is 105 cm³/mol. The summed E-state index contributed by atoms with van der Waals surface area (Å²) in [7, 11) is 0. The van der Waals surface area contributed by atoms with Crippen LogP contribution in [0.25, 0.3) is 0 Å². The van der Waals surface area contributed by atoms with Crippen molar-refractivity contribution in [3.05, 3.63) is 42.0 Å². The van der Waals surface area contributed by atoms with Gasteiger partial charge in [-0.2, -0.15) is 5.10 Å². The summed E-state index contributed by atoms with van der Waals surface area (Å²) in [5.41, 5.74) is 8.03. The predicted octanol–water partition coefficient (Wildman–Crippen LogP) is 3.14. The van der Waals surface area contributed by atoms with Crippen LogP contribution in [0.3, 0.4) is 0 Å². The van der Waals surface area contributed by atoms with E-state index in [1.165, 1.54) is 5.56 Å². The normalized spacial score (nSPS) is 11.9. The van der Waals surface area contributed by atoms with Gasteiger partial charge in [0.2, 0.25) is 0 Å². The van der Waals surface area contributed by atoms with Crippen molar-refractivity contribution in [3.63, 3.8) is 0 Å². The van der Waals surface area contributed by atoms with Crippen LogP contribution in [0.2, 0.25) is 0 Å². The summed E-state index contributed by atoms with van der Waals surface area (Å²) in [5, 5.41) is 7.33. The first kappa shape index (κ1) is 19.4. The van der Waals surface area contributed by atoms with Crippen molar-refractivity contribution in [2.24, 2.45) is 10.7 Å². The van der Waals surface area contributed by atoms with Gasteiger partial charge in [-0.15, -0.1) is 24.0 Å². The highest BCUT2D eigenvalue weighted by molar-refractivity contribution is 14.0. The average molecular weight is 428 g/mol. The summed E-state index contributed by atoms with van der Waals surface area (Å²) in [6, 6.07) is 8.15. The van der Waals surface area contributed by atoms with Crippen LogP contribution in [0, 0.1) is 0 Å². The van der Waals surface area contributed by atoms with Gasteiger partial charge >= 0.3 is 0 Å². The fourth-order valence-corrected chi connectivity index (χ4v) is 2.10. The summed E-state index contributed by atoms with van der Waals surface area (Å²) < 4.78 is 1.86. The number of halogens is 1. The van der Waals surface area contributed by atoms with Crippen molar-refractivity contribution in [3.8, 4) is 0 Å². The van der Waals surface area contributed by atoms with Crippen LogP contribution in [-0.2, 0) is 18.5 Å². The molecule has 3 N–H and O–H groups in total. The average Bonchev–Trinajstić information content (AvgIpc) is 2.94. The Bertz CT molecular complexity index is 639. The van der Waals surface area contributed by atoms with Crippen LogP contribution < -0.4 is 11.1 Å². The smallest absolute Gasteiger partial charge is 0.193 e. The number of anilines is 1. The molecule has 0 aliphatic rings. The Morgan fingerprint density at radius 2 is 1.91 bits per heavy atom. The minimum atomic E-state index is -0.125. The molecular weight excluding hydrogens is 403 g/mol. The van der Waals surface area contributed by atoms with E-state index >= 15 is 0 Å². The zero-order valence-electron chi connectivity index (χ0n) is 14.1. The van der Waals surface area contributed by atoms with Gasteiger partial charge in [0.15, 0.2) is 5.96 Å². The van der Waals surface area contributed by atoms with E-state index in [0.29, 0.717) is 12.5 Å². The first-order chi connectivity index (χ1) is 10.4. The number of benzene rings is 1. The molecule has 2 aromatic rings. The SMILES string of the molecule is CCc1ccc(NC(N)=NCc2ncnn2C(C)(C)C)cc1.I. The number of aromatic nitrogens is 3. The molecule has 1 aromatic carbocycles. The monoisotopic (exact) mass is 428 g/mol. The number of aryl methyl sites for hydroxylation is 1. The number of nitrogens with zero attached hydrogens (tertiary/aromatic N) is 4. The molecular formula is C16H25IN6. The van der Waals surface area contributed by atoms with Crippen molar-refractivity contribution >= 4 is 35.6 Å². The molecule has 0 saturated heterocycles. The van der Waals surface area contributed by atoms with E-state index in [2.05, 4.69) is 60.2 Å². The molecule has 0 aliphatic heterocycles. The van der Waals surface area contributed by atoms with E-state index < -0.39 is 0 Å². The second-order valence-corrected chi connectivity index (χ2v) is 6.14. The van der Waals surface area contributed by atoms with Crippen LogP contribution in [0.1, 0.15) is 39.1 Å². The van der Waals surface area contributed by atoms with Gasteiger partial charge in [0.25, 0.3) is 0 Å². The topological polar surface area (TPSA) is 81.1 Å². The Morgan fingerprint density at radius 3 is 2.48 bits per heavy atom. The molecule has 7 heteroatoms. The summed E-state index contributed by atoms with van der Waals surface area (Å²) in [4.78, 5) is 8.58. The minimum Gasteiger partial charge on any atom is -0.370 e. The Balaban J connectivity index is 0.00000264. The zero-order valence-corrected chi connectivity index (χ0v) is 16.4. The van der Waals surface area contributed by atoms with E-state index in [4.69, 9.17) is 5.73 Å². The standard InChI is InChI=1S/C16H24N6.HI/c1-5-12-6-8-13(9-7-12)21-15(17)18-10-14-19-11-20-22(14)16(2,3)4;/h6-9,11H,5,10H2,1-4H3,(H3,17,18,21);1H. The lowest BCUT2D eigenvalue weighted by Gasteiger charge is -2.20. The number of hydrogen-bond donors (Lipinski definition) is 2.